The number of ether oxygens (including phenoxy) is 1. The maximum absolute atomic E-state index is 11.8. The minimum atomic E-state index is -0.861. The molecule has 0 aliphatic rings. The number of benzene rings is 1. The molecular formula is C14H19BrN2O4. The lowest BCUT2D eigenvalue weighted by molar-refractivity contribution is -0.138. The summed E-state index contributed by atoms with van der Waals surface area (Å²) in [6.45, 7) is 2.21. The molecule has 3 N–H and O–H groups in total. The molecule has 7 heteroatoms. The zero-order valence-electron chi connectivity index (χ0n) is 12.0. The lowest BCUT2D eigenvalue weighted by Gasteiger charge is -2.15. The number of carbonyl (C=O) groups excluding carboxylic acids is 1. The second-order valence-corrected chi connectivity index (χ2v) is 5.41. The van der Waals surface area contributed by atoms with Gasteiger partial charge in [-0.15, -0.1) is 0 Å². The first kappa shape index (κ1) is 17.3. The second kappa shape index (κ2) is 8.51. The van der Waals surface area contributed by atoms with Gasteiger partial charge in [0, 0.05) is 23.5 Å². The van der Waals surface area contributed by atoms with Gasteiger partial charge in [0.1, 0.15) is 5.75 Å². The van der Waals surface area contributed by atoms with Crippen molar-refractivity contribution in [2.45, 2.75) is 19.8 Å². The summed E-state index contributed by atoms with van der Waals surface area (Å²) >= 11 is 3.34. The molecule has 1 atom stereocenters. The van der Waals surface area contributed by atoms with Crippen molar-refractivity contribution in [2.24, 2.45) is 5.92 Å². The summed E-state index contributed by atoms with van der Waals surface area (Å²) < 4.78 is 5.83. The fraction of sp³-hybridized carbons (Fsp3) is 0.429. The Labute approximate surface area is 132 Å². The van der Waals surface area contributed by atoms with Gasteiger partial charge in [0.25, 0.3) is 0 Å². The molecule has 1 rings (SSSR count). The number of hydrogen-bond donors (Lipinski definition) is 3. The summed E-state index contributed by atoms with van der Waals surface area (Å²) in [4.78, 5) is 22.5. The maximum atomic E-state index is 11.8. The van der Waals surface area contributed by atoms with Crippen LogP contribution in [0.1, 0.15) is 19.8 Å². The second-order valence-electron chi connectivity index (χ2n) is 4.55. The van der Waals surface area contributed by atoms with Gasteiger partial charge in [0.05, 0.1) is 12.8 Å². The number of rotatable bonds is 7. The van der Waals surface area contributed by atoms with E-state index in [4.69, 9.17) is 9.84 Å². The van der Waals surface area contributed by atoms with E-state index in [0.29, 0.717) is 24.4 Å². The fourth-order valence-electron chi connectivity index (χ4n) is 1.74. The van der Waals surface area contributed by atoms with Crippen LogP contribution >= 0.6 is 15.9 Å². The quantitative estimate of drug-likeness (QED) is 0.698. The average Bonchev–Trinajstić information content (AvgIpc) is 2.45. The van der Waals surface area contributed by atoms with Crippen molar-refractivity contribution < 1.29 is 19.4 Å². The Hall–Kier alpha value is -1.76. The van der Waals surface area contributed by atoms with Crippen molar-refractivity contribution >= 4 is 33.6 Å². The van der Waals surface area contributed by atoms with Gasteiger partial charge in [-0.3, -0.25) is 4.79 Å². The molecule has 0 saturated carbocycles. The standard InChI is InChI=1S/C14H19BrN2O4/c1-3-9(6-13(18)19)8-16-14(20)17-12-7-10(21-2)4-5-11(12)15/h4-5,7,9H,3,6,8H2,1-2H3,(H,18,19)(H2,16,17,20). The third kappa shape index (κ3) is 6.03. The minimum absolute atomic E-state index is 0.0413. The zero-order valence-corrected chi connectivity index (χ0v) is 13.6. The Bertz CT molecular complexity index is 508. The number of methoxy groups -OCH3 is 1. The Kier molecular flexibility index (Phi) is 7.01. The van der Waals surface area contributed by atoms with Gasteiger partial charge in [0.2, 0.25) is 0 Å². The SMILES string of the molecule is CCC(CNC(=O)Nc1cc(OC)ccc1Br)CC(=O)O. The molecule has 0 heterocycles. The smallest absolute Gasteiger partial charge is 0.319 e. The number of hydrogen-bond acceptors (Lipinski definition) is 3. The highest BCUT2D eigenvalue weighted by atomic mass is 79.9. The number of urea groups is 1. The first-order chi connectivity index (χ1) is 9.96. The summed E-state index contributed by atoms with van der Waals surface area (Å²) in [6, 6.07) is 4.85. The number of carboxylic acids is 1. The summed E-state index contributed by atoms with van der Waals surface area (Å²) in [6.07, 6.45) is 0.731. The predicted octanol–water partition coefficient (Wildman–Crippen LogP) is 3.08. The minimum Gasteiger partial charge on any atom is -0.497 e. The molecule has 0 aliphatic heterocycles. The molecule has 116 valence electrons. The highest BCUT2D eigenvalue weighted by molar-refractivity contribution is 9.10. The predicted molar refractivity (Wildman–Crippen MR) is 83.7 cm³/mol. The number of carboxylic acid groups (broad SMARTS) is 1. The molecule has 2 amide bonds. The highest BCUT2D eigenvalue weighted by Crippen LogP contribution is 2.26. The van der Waals surface area contributed by atoms with Crippen LogP contribution in [0.15, 0.2) is 22.7 Å². The summed E-state index contributed by atoms with van der Waals surface area (Å²) in [5.41, 5.74) is 0.582. The van der Waals surface area contributed by atoms with Crippen LogP contribution in [0.5, 0.6) is 5.75 Å². The Morgan fingerprint density at radius 1 is 1.43 bits per heavy atom. The third-order valence-corrected chi connectivity index (χ3v) is 3.71. The molecule has 0 aromatic heterocycles. The van der Waals surface area contributed by atoms with Gasteiger partial charge in [-0.2, -0.15) is 0 Å². The van der Waals surface area contributed by atoms with E-state index < -0.39 is 5.97 Å². The van der Waals surface area contributed by atoms with Crippen LogP contribution in [-0.4, -0.2) is 30.8 Å². The van der Waals surface area contributed by atoms with E-state index in [1.165, 1.54) is 0 Å². The average molecular weight is 359 g/mol. The largest absolute Gasteiger partial charge is 0.497 e. The van der Waals surface area contributed by atoms with Crippen molar-refractivity contribution in [1.82, 2.24) is 5.32 Å². The monoisotopic (exact) mass is 358 g/mol. The Balaban J connectivity index is 2.55. The Morgan fingerprint density at radius 2 is 2.14 bits per heavy atom. The van der Waals surface area contributed by atoms with E-state index in [2.05, 4.69) is 26.6 Å². The van der Waals surface area contributed by atoms with Crippen LogP contribution in [0, 0.1) is 5.92 Å². The lowest BCUT2D eigenvalue weighted by Crippen LogP contribution is -2.33. The van der Waals surface area contributed by atoms with Crippen molar-refractivity contribution in [1.29, 1.82) is 0 Å². The summed E-state index contributed by atoms with van der Waals surface area (Å²) in [5.74, 6) is -0.313. The van der Waals surface area contributed by atoms with E-state index in [-0.39, 0.29) is 18.4 Å². The van der Waals surface area contributed by atoms with Crippen molar-refractivity contribution in [2.75, 3.05) is 19.0 Å². The van der Waals surface area contributed by atoms with Gasteiger partial charge >= 0.3 is 12.0 Å². The zero-order chi connectivity index (χ0) is 15.8. The van der Waals surface area contributed by atoms with Gasteiger partial charge < -0.3 is 20.5 Å². The van der Waals surface area contributed by atoms with Gasteiger partial charge in [0.15, 0.2) is 0 Å². The van der Waals surface area contributed by atoms with Crippen LogP contribution in [-0.2, 0) is 4.79 Å². The van der Waals surface area contributed by atoms with Crippen molar-refractivity contribution in [3.63, 3.8) is 0 Å². The van der Waals surface area contributed by atoms with Crippen LogP contribution in [0.25, 0.3) is 0 Å². The van der Waals surface area contributed by atoms with E-state index >= 15 is 0 Å². The van der Waals surface area contributed by atoms with Crippen LogP contribution in [0.3, 0.4) is 0 Å². The van der Waals surface area contributed by atoms with Crippen molar-refractivity contribution in [3.8, 4) is 5.75 Å². The Morgan fingerprint density at radius 3 is 2.71 bits per heavy atom. The molecule has 1 aromatic rings. The fourth-order valence-corrected chi connectivity index (χ4v) is 2.08. The summed E-state index contributed by atoms with van der Waals surface area (Å²) in [7, 11) is 1.55. The van der Waals surface area contributed by atoms with E-state index in [0.717, 1.165) is 4.47 Å². The maximum Gasteiger partial charge on any atom is 0.319 e. The molecule has 1 unspecified atom stereocenters. The molecule has 6 nitrogen and oxygen atoms in total. The molecule has 0 fully saturated rings. The number of aliphatic carboxylic acids is 1. The number of amides is 2. The first-order valence-electron chi connectivity index (χ1n) is 6.56. The van der Waals surface area contributed by atoms with Gasteiger partial charge in [-0.05, 0) is 34.0 Å². The molecule has 21 heavy (non-hydrogen) atoms. The van der Waals surface area contributed by atoms with E-state index in [9.17, 15) is 9.59 Å². The molecular weight excluding hydrogens is 340 g/mol. The van der Waals surface area contributed by atoms with Gasteiger partial charge in [-0.25, -0.2) is 4.79 Å². The van der Waals surface area contributed by atoms with Gasteiger partial charge in [-0.1, -0.05) is 13.3 Å². The number of nitrogens with one attached hydrogen (secondary N) is 2. The number of carbonyl (C=O) groups is 2. The highest BCUT2D eigenvalue weighted by Gasteiger charge is 2.13. The molecule has 1 aromatic carbocycles. The topological polar surface area (TPSA) is 87.7 Å². The molecule has 0 spiro atoms. The van der Waals surface area contributed by atoms with E-state index in [1.807, 2.05) is 6.92 Å². The van der Waals surface area contributed by atoms with Crippen LogP contribution in [0.2, 0.25) is 0 Å². The first-order valence-corrected chi connectivity index (χ1v) is 7.35. The molecule has 0 saturated heterocycles. The third-order valence-electron chi connectivity index (χ3n) is 3.01. The normalized spacial score (nSPS) is 11.6. The lowest BCUT2D eigenvalue weighted by atomic mass is 10.0. The molecule has 0 bridgehead atoms. The molecule has 0 radical (unpaired) electrons. The number of anilines is 1. The van der Waals surface area contributed by atoms with Crippen molar-refractivity contribution in [3.05, 3.63) is 22.7 Å². The van der Waals surface area contributed by atoms with Crippen LogP contribution in [0.4, 0.5) is 10.5 Å². The van der Waals surface area contributed by atoms with Crippen LogP contribution < -0.4 is 15.4 Å². The summed E-state index contributed by atoms with van der Waals surface area (Å²) in [5, 5.41) is 14.1. The molecule has 0 aliphatic carbocycles. The van der Waals surface area contributed by atoms with E-state index in [1.54, 1.807) is 25.3 Å². The number of halogens is 1.